The van der Waals surface area contributed by atoms with Crippen molar-refractivity contribution in [2.45, 2.75) is 95.5 Å². The molecule has 14 heteroatoms. The quantitative estimate of drug-likeness (QED) is 0.168. The second-order valence-electron chi connectivity index (χ2n) is 11.8. The van der Waals surface area contributed by atoms with Crippen LogP contribution in [0.15, 0.2) is 51.2 Å². The molecule has 2 fully saturated rings. The molecule has 8 N–H and O–H groups in total. The molecule has 14 nitrogen and oxygen atoms in total. The van der Waals surface area contributed by atoms with Crippen LogP contribution in [0.4, 0.5) is 0 Å². The molecule has 46 heavy (non-hydrogen) atoms. The van der Waals surface area contributed by atoms with Gasteiger partial charge in [-0.15, -0.1) is 0 Å². The van der Waals surface area contributed by atoms with Crippen LogP contribution in [0.3, 0.4) is 0 Å². The molecular weight excluding hydrogens is 608 g/mol. The van der Waals surface area contributed by atoms with Gasteiger partial charge in [-0.3, -0.25) is 4.79 Å². The zero-order valence-corrected chi connectivity index (χ0v) is 25.5. The van der Waals surface area contributed by atoms with Crippen molar-refractivity contribution in [1.82, 2.24) is 0 Å². The molecule has 2 saturated heterocycles. The Balaban J connectivity index is 1.53. The molecule has 2 aromatic carbocycles. The molecule has 2 aliphatic rings. The van der Waals surface area contributed by atoms with E-state index in [1.165, 1.54) is 38.1 Å². The number of hydrogen-bond acceptors (Lipinski definition) is 14. The van der Waals surface area contributed by atoms with E-state index in [2.05, 4.69) is 0 Å². The van der Waals surface area contributed by atoms with E-state index in [1.807, 2.05) is 13.8 Å². The van der Waals surface area contributed by atoms with Crippen LogP contribution in [-0.2, 0) is 20.6 Å². The van der Waals surface area contributed by atoms with Crippen molar-refractivity contribution in [3.8, 4) is 34.3 Å². The number of fused-ring (bicyclic) bond motifs is 1. The highest BCUT2D eigenvalue weighted by atomic mass is 16.7. The van der Waals surface area contributed by atoms with Crippen molar-refractivity contribution >= 4 is 11.0 Å². The number of aromatic hydroxyl groups is 3. The van der Waals surface area contributed by atoms with Gasteiger partial charge >= 0.3 is 0 Å². The van der Waals surface area contributed by atoms with Crippen LogP contribution in [0.1, 0.15) is 33.3 Å². The van der Waals surface area contributed by atoms with Gasteiger partial charge in [0.15, 0.2) is 12.1 Å². The average Bonchev–Trinajstić information content (AvgIpc) is 3.00. The minimum absolute atomic E-state index is 0.0774. The maximum absolute atomic E-state index is 14.0. The maximum atomic E-state index is 14.0. The van der Waals surface area contributed by atoms with Crippen molar-refractivity contribution in [1.29, 1.82) is 0 Å². The molecule has 10 atom stereocenters. The van der Waals surface area contributed by atoms with Gasteiger partial charge in [0, 0.05) is 17.2 Å². The van der Waals surface area contributed by atoms with E-state index in [9.17, 15) is 45.6 Å². The minimum atomic E-state index is -1.85. The molecule has 3 heterocycles. The molecule has 3 aromatic rings. The lowest BCUT2D eigenvalue weighted by Gasteiger charge is -2.45. The fraction of sp³-hybridized carbons (Fsp3) is 0.469. The molecule has 250 valence electrons. The van der Waals surface area contributed by atoms with Gasteiger partial charge in [-0.05, 0) is 58.4 Å². The van der Waals surface area contributed by atoms with Gasteiger partial charge in [0.2, 0.25) is 17.5 Å². The van der Waals surface area contributed by atoms with Crippen LogP contribution in [-0.4, -0.2) is 102 Å². The maximum Gasteiger partial charge on any atom is 0.239 e. The van der Waals surface area contributed by atoms with Crippen LogP contribution >= 0.6 is 0 Å². The van der Waals surface area contributed by atoms with E-state index < -0.39 is 78.3 Å². The summed E-state index contributed by atoms with van der Waals surface area (Å²) in [4.78, 5) is 14.0. The molecule has 0 spiro atoms. The minimum Gasteiger partial charge on any atom is -0.508 e. The number of aliphatic hydroxyl groups excluding tert-OH is 5. The van der Waals surface area contributed by atoms with Crippen molar-refractivity contribution in [3.63, 3.8) is 0 Å². The summed E-state index contributed by atoms with van der Waals surface area (Å²) in [5, 5.41) is 83.5. The molecule has 0 radical (unpaired) electrons. The second-order valence-corrected chi connectivity index (χ2v) is 11.8. The Morgan fingerprint density at radius 3 is 2.11 bits per heavy atom. The monoisotopic (exact) mass is 646 g/mol. The van der Waals surface area contributed by atoms with Gasteiger partial charge in [0.1, 0.15) is 64.8 Å². The number of hydrogen-bond donors (Lipinski definition) is 8. The zero-order valence-electron chi connectivity index (χ0n) is 25.5. The molecule has 0 unspecified atom stereocenters. The number of rotatable bonds is 7. The fourth-order valence-electron chi connectivity index (χ4n) is 5.47. The average molecular weight is 647 g/mol. The summed E-state index contributed by atoms with van der Waals surface area (Å²) in [5.41, 5.74) is 0.399. The number of aliphatic hydroxyl groups is 5. The van der Waals surface area contributed by atoms with Crippen LogP contribution in [0.5, 0.6) is 23.0 Å². The Bertz CT molecular complexity index is 1650. The lowest BCUT2D eigenvalue weighted by molar-refractivity contribution is -0.345. The van der Waals surface area contributed by atoms with Crippen molar-refractivity contribution in [3.05, 3.63) is 57.8 Å². The molecule has 0 saturated carbocycles. The topological polar surface area (TPSA) is 229 Å². The van der Waals surface area contributed by atoms with E-state index >= 15 is 0 Å². The Morgan fingerprint density at radius 1 is 0.826 bits per heavy atom. The smallest absolute Gasteiger partial charge is 0.239 e. The molecular formula is C32H38O14. The molecule has 0 amide bonds. The number of allylic oxidation sites excluding steroid dienone is 2. The lowest BCUT2D eigenvalue weighted by Crippen LogP contribution is -2.63. The molecule has 0 aliphatic carbocycles. The van der Waals surface area contributed by atoms with Crippen LogP contribution < -0.4 is 10.2 Å². The first-order chi connectivity index (χ1) is 21.7. The van der Waals surface area contributed by atoms with Crippen molar-refractivity contribution in [2.75, 3.05) is 0 Å². The summed E-state index contributed by atoms with van der Waals surface area (Å²) >= 11 is 0. The number of ether oxygens (including phenoxy) is 4. The number of benzene rings is 2. The Hall–Kier alpha value is -3.73. The van der Waals surface area contributed by atoms with E-state index in [4.69, 9.17) is 23.4 Å². The molecule has 0 bridgehead atoms. The van der Waals surface area contributed by atoms with Crippen LogP contribution in [0, 0.1) is 0 Å². The summed E-state index contributed by atoms with van der Waals surface area (Å²) < 4.78 is 29.0. The second kappa shape index (κ2) is 13.2. The van der Waals surface area contributed by atoms with Crippen LogP contribution in [0.25, 0.3) is 22.3 Å². The molecule has 2 aliphatic heterocycles. The third-order valence-corrected chi connectivity index (χ3v) is 8.14. The summed E-state index contributed by atoms with van der Waals surface area (Å²) in [7, 11) is 0. The third-order valence-electron chi connectivity index (χ3n) is 8.14. The SMILES string of the molecule is CC(C)=CCc1c(O)cc(O)c2c(=O)c(O[C@@H]3O[C@H](C)[C@H](O[C@@H]4O[C@H](C)[C@@H](O)[C@@H](O)[C@H]4O)[C@@H](O)[C@H]3O)c(-c3ccc(O)cc3)oc12. The first-order valence-corrected chi connectivity index (χ1v) is 14.7. The Morgan fingerprint density at radius 2 is 1.46 bits per heavy atom. The van der Waals surface area contributed by atoms with Gasteiger partial charge in [0.25, 0.3) is 0 Å². The fourth-order valence-corrected chi connectivity index (χ4v) is 5.47. The highest BCUT2D eigenvalue weighted by molar-refractivity contribution is 5.91. The highest BCUT2D eigenvalue weighted by Crippen LogP contribution is 2.40. The van der Waals surface area contributed by atoms with Crippen molar-refractivity contribution < 1.29 is 64.2 Å². The number of phenolic OH excluding ortho intramolecular Hbond substituents is 3. The normalized spacial score (nSPS) is 31.5. The lowest BCUT2D eigenvalue weighted by atomic mass is 9.97. The summed E-state index contributed by atoms with van der Waals surface area (Å²) in [6.45, 7) is 6.62. The standard InChI is InChI=1S/C32H38O14/c1-12(2)5-10-17-18(34)11-19(35)20-22(37)30(28(44-29(17)20)15-6-8-16(33)9-7-15)46-32-26(41)24(39)27(14(4)43-32)45-31-25(40)23(38)21(36)13(3)42-31/h5-9,11,13-14,21,23-27,31-36,38-41H,10H2,1-4H3/t13-,14-,21-,23-,24+,25-,26-,27+,31+,32+/m1/s1. The van der Waals surface area contributed by atoms with E-state index in [0.29, 0.717) is 0 Å². The Labute approximate surface area is 262 Å². The van der Waals surface area contributed by atoms with Gasteiger partial charge < -0.3 is 64.2 Å². The largest absolute Gasteiger partial charge is 0.508 e. The molecule has 5 rings (SSSR count). The zero-order chi connectivity index (χ0) is 33.6. The predicted octanol–water partition coefficient (Wildman–Crippen LogP) is 1.14. The van der Waals surface area contributed by atoms with Gasteiger partial charge in [-0.2, -0.15) is 0 Å². The summed E-state index contributed by atoms with van der Waals surface area (Å²) in [6.07, 6.45) is -12.8. The van der Waals surface area contributed by atoms with Crippen molar-refractivity contribution in [2.24, 2.45) is 0 Å². The summed E-state index contributed by atoms with van der Waals surface area (Å²) in [6, 6.07) is 6.56. The third kappa shape index (κ3) is 6.30. The van der Waals surface area contributed by atoms with Gasteiger partial charge in [0.05, 0.1) is 12.2 Å². The first kappa shape index (κ1) is 33.6. The van der Waals surface area contributed by atoms with E-state index in [-0.39, 0.29) is 45.8 Å². The predicted molar refractivity (Wildman–Crippen MR) is 160 cm³/mol. The van der Waals surface area contributed by atoms with E-state index in [0.717, 1.165) is 11.6 Å². The Kier molecular flexibility index (Phi) is 9.63. The summed E-state index contributed by atoms with van der Waals surface area (Å²) in [5.74, 6) is -1.67. The van der Waals surface area contributed by atoms with Gasteiger partial charge in [-0.25, -0.2) is 0 Å². The highest BCUT2D eigenvalue weighted by Gasteiger charge is 2.50. The first-order valence-electron chi connectivity index (χ1n) is 14.7. The molecule has 1 aromatic heterocycles. The van der Waals surface area contributed by atoms with Gasteiger partial charge in [-0.1, -0.05) is 11.6 Å². The van der Waals surface area contributed by atoms with E-state index in [1.54, 1.807) is 6.08 Å². The van der Waals surface area contributed by atoms with Crippen LogP contribution in [0.2, 0.25) is 0 Å². The number of phenols is 3.